The highest BCUT2D eigenvalue weighted by Gasteiger charge is 2.22. The third-order valence-electron chi connectivity index (χ3n) is 4.00. The Balaban J connectivity index is 2.21. The van der Waals surface area contributed by atoms with Gasteiger partial charge in [0.1, 0.15) is 5.69 Å². The van der Waals surface area contributed by atoms with Crippen LogP contribution in [0.2, 0.25) is 5.02 Å². The lowest BCUT2D eigenvalue weighted by Crippen LogP contribution is -2.38. The molecule has 1 heterocycles. The molecule has 0 aliphatic heterocycles. The summed E-state index contributed by atoms with van der Waals surface area (Å²) in [5.41, 5.74) is 0.901. The number of halogens is 1. The first-order chi connectivity index (χ1) is 12.4. The molecule has 1 unspecified atom stereocenters. The van der Waals surface area contributed by atoms with Gasteiger partial charge in [-0.3, -0.25) is 9.59 Å². The number of rotatable bonds is 9. The number of aliphatic carboxylic acids is 1. The molecule has 1 amide bonds. The minimum atomic E-state index is -0.939. The number of carbonyl (C=O) groups excluding carboxylic acids is 1. The molecule has 0 radical (unpaired) electrons. The second-order valence-electron chi connectivity index (χ2n) is 6.07. The lowest BCUT2D eigenvalue weighted by atomic mass is 10.1. The highest BCUT2D eigenvalue weighted by molar-refractivity contribution is 6.31. The number of nitrogens with zero attached hydrogens (tertiary/aromatic N) is 2. The molecule has 1 aromatic heterocycles. The number of carboxylic acid groups (broad SMARTS) is 1. The normalized spacial score (nSPS) is 12.1. The molecule has 6 nitrogen and oxygen atoms in total. The van der Waals surface area contributed by atoms with Gasteiger partial charge < -0.3 is 14.7 Å². The summed E-state index contributed by atoms with van der Waals surface area (Å²) < 4.78 is 5.31. The number of hydrogen-bond donors (Lipinski definition) is 1. The van der Waals surface area contributed by atoms with Gasteiger partial charge in [-0.15, -0.1) is 0 Å². The molecule has 0 saturated carbocycles. The van der Waals surface area contributed by atoms with Crippen LogP contribution in [0.1, 0.15) is 30.8 Å². The zero-order chi connectivity index (χ0) is 19.1. The second-order valence-corrected chi connectivity index (χ2v) is 6.51. The van der Waals surface area contributed by atoms with Crippen LogP contribution >= 0.6 is 11.6 Å². The molecular formula is C19H23ClN2O4. The van der Waals surface area contributed by atoms with E-state index in [-0.39, 0.29) is 18.1 Å². The number of ether oxygens (including phenoxy) is 1. The first-order valence-electron chi connectivity index (χ1n) is 8.58. The second kappa shape index (κ2) is 9.50. The van der Waals surface area contributed by atoms with Crippen molar-refractivity contribution in [3.05, 3.63) is 41.0 Å². The van der Waals surface area contributed by atoms with Gasteiger partial charge in [0.2, 0.25) is 0 Å². The molecule has 0 fully saturated rings. The smallest absolute Gasteiger partial charge is 0.308 e. The number of pyridine rings is 1. The largest absolute Gasteiger partial charge is 0.481 e. The minimum Gasteiger partial charge on any atom is -0.481 e. The summed E-state index contributed by atoms with van der Waals surface area (Å²) in [5, 5.41) is 10.6. The third-order valence-corrected chi connectivity index (χ3v) is 4.23. The van der Waals surface area contributed by atoms with Crippen LogP contribution in [0.25, 0.3) is 10.9 Å². The highest BCUT2D eigenvalue weighted by Crippen LogP contribution is 2.19. The van der Waals surface area contributed by atoms with Crippen LogP contribution in [0, 0.1) is 5.92 Å². The summed E-state index contributed by atoms with van der Waals surface area (Å²) in [6.45, 7) is 5.13. The Morgan fingerprint density at radius 1 is 1.31 bits per heavy atom. The van der Waals surface area contributed by atoms with E-state index >= 15 is 0 Å². The van der Waals surface area contributed by atoms with Crippen molar-refractivity contribution < 1.29 is 19.4 Å². The van der Waals surface area contributed by atoms with Crippen molar-refractivity contribution in [2.24, 2.45) is 5.92 Å². The van der Waals surface area contributed by atoms with E-state index in [1.54, 1.807) is 25.1 Å². The topological polar surface area (TPSA) is 79.7 Å². The molecule has 0 aliphatic carbocycles. The van der Waals surface area contributed by atoms with Gasteiger partial charge in [0.25, 0.3) is 5.91 Å². The summed E-state index contributed by atoms with van der Waals surface area (Å²) in [4.78, 5) is 30.0. The Labute approximate surface area is 157 Å². The van der Waals surface area contributed by atoms with Crippen molar-refractivity contribution in [1.29, 1.82) is 0 Å². The standard InChI is InChI=1S/C19H23ClN2O4/c1-3-26-10-4-9-22(12-13(2)19(24)25)18(23)16-8-6-14-5-7-15(20)11-17(14)21-16/h5-8,11,13H,3-4,9-10,12H2,1-2H3,(H,24,25). The van der Waals surface area contributed by atoms with Crippen LogP contribution in [0.15, 0.2) is 30.3 Å². The molecule has 140 valence electrons. The molecule has 1 aromatic carbocycles. The zero-order valence-electron chi connectivity index (χ0n) is 14.9. The van der Waals surface area contributed by atoms with E-state index in [4.69, 9.17) is 16.3 Å². The number of carboxylic acids is 1. The number of fused-ring (bicyclic) bond motifs is 1. The molecule has 1 atom stereocenters. The average Bonchev–Trinajstić information content (AvgIpc) is 2.62. The van der Waals surface area contributed by atoms with Gasteiger partial charge in [0.15, 0.2) is 0 Å². The van der Waals surface area contributed by atoms with Gasteiger partial charge >= 0.3 is 5.97 Å². The predicted molar refractivity (Wildman–Crippen MR) is 101 cm³/mol. The third kappa shape index (κ3) is 5.41. The fourth-order valence-electron chi connectivity index (χ4n) is 2.56. The molecule has 0 bridgehead atoms. The molecule has 0 saturated heterocycles. The van der Waals surface area contributed by atoms with Gasteiger partial charge in [-0.1, -0.05) is 30.7 Å². The van der Waals surface area contributed by atoms with Crippen molar-refractivity contribution in [2.75, 3.05) is 26.3 Å². The molecule has 2 aromatic rings. The van der Waals surface area contributed by atoms with Crippen LogP contribution in [-0.2, 0) is 9.53 Å². The van der Waals surface area contributed by atoms with E-state index in [1.807, 2.05) is 19.1 Å². The van der Waals surface area contributed by atoms with E-state index in [9.17, 15) is 14.7 Å². The number of hydrogen-bond acceptors (Lipinski definition) is 4. The zero-order valence-corrected chi connectivity index (χ0v) is 15.7. The van der Waals surface area contributed by atoms with Gasteiger partial charge in [-0.2, -0.15) is 0 Å². The Hall–Kier alpha value is -2.18. The number of benzene rings is 1. The van der Waals surface area contributed by atoms with Gasteiger partial charge in [-0.05, 0) is 31.5 Å². The van der Waals surface area contributed by atoms with Crippen molar-refractivity contribution in [2.45, 2.75) is 20.3 Å². The van der Waals surface area contributed by atoms with E-state index in [0.717, 1.165) is 5.39 Å². The van der Waals surface area contributed by atoms with Crippen molar-refractivity contribution >= 4 is 34.4 Å². The van der Waals surface area contributed by atoms with Crippen LogP contribution < -0.4 is 0 Å². The SMILES string of the molecule is CCOCCCN(CC(C)C(=O)O)C(=O)c1ccc2ccc(Cl)cc2n1. The van der Waals surface area contributed by atoms with Crippen LogP contribution in [0.5, 0.6) is 0 Å². The Morgan fingerprint density at radius 3 is 2.73 bits per heavy atom. The molecule has 7 heteroatoms. The maximum absolute atomic E-state index is 12.9. The molecule has 26 heavy (non-hydrogen) atoms. The lowest BCUT2D eigenvalue weighted by Gasteiger charge is -2.24. The summed E-state index contributed by atoms with van der Waals surface area (Å²) in [6, 6.07) is 8.77. The summed E-state index contributed by atoms with van der Waals surface area (Å²) in [7, 11) is 0. The minimum absolute atomic E-state index is 0.121. The first-order valence-corrected chi connectivity index (χ1v) is 8.96. The Bertz CT molecular complexity index is 781. The number of amides is 1. The Morgan fingerprint density at radius 2 is 2.04 bits per heavy atom. The van der Waals surface area contributed by atoms with Crippen LogP contribution in [-0.4, -0.2) is 53.2 Å². The monoisotopic (exact) mass is 378 g/mol. The van der Waals surface area contributed by atoms with Gasteiger partial charge in [0, 0.05) is 36.7 Å². The Kier molecular flexibility index (Phi) is 7.36. The lowest BCUT2D eigenvalue weighted by molar-refractivity contribution is -0.141. The van der Waals surface area contributed by atoms with E-state index < -0.39 is 11.9 Å². The maximum atomic E-state index is 12.9. The average molecular weight is 379 g/mol. The van der Waals surface area contributed by atoms with Gasteiger partial charge in [0.05, 0.1) is 11.4 Å². The fraction of sp³-hybridized carbons (Fsp3) is 0.421. The summed E-state index contributed by atoms with van der Waals surface area (Å²) in [6.07, 6.45) is 0.630. The molecule has 1 N–H and O–H groups in total. The molecular weight excluding hydrogens is 356 g/mol. The maximum Gasteiger partial charge on any atom is 0.308 e. The first kappa shape index (κ1) is 20.1. The van der Waals surface area contributed by atoms with E-state index in [2.05, 4.69) is 4.98 Å². The van der Waals surface area contributed by atoms with E-state index in [0.29, 0.717) is 36.7 Å². The molecule has 0 aliphatic rings. The highest BCUT2D eigenvalue weighted by atomic mass is 35.5. The summed E-state index contributed by atoms with van der Waals surface area (Å²) in [5.74, 6) is -1.90. The predicted octanol–water partition coefficient (Wildman–Crippen LogP) is 3.48. The van der Waals surface area contributed by atoms with Crippen molar-refractivity contribution in [3.63, 3.8) is 0 Å². The fourth-order valence-corrected chi connectivity index (χ4v) is 2.72. The quantitative estimate of drug-likeness (QED) is 0.676. The molecule has 2 rings (SSSR count). The molecule has 0 spiro atoms. The number of carbonyl (C=O) groups is 2. The van der Waals surface area contributed by atoms with E-state index in [1.165, 1.54) is 4.90 Å². The van der Waals surface area contributed by atoms with Crippen molar-refractivity contribution in [1.82, 2.24) is 9.88 Å². The summed E-state index contributed by atoms with van der Waals surface area (Å²) >= 11 is 6.00. The number of aromatic nitrogens is 1. The van der Waals surface area contributed by atoms with Crippen LogP contribution in [0.4, 0.5) is 0 Å². The van der Waals surface area contributed by atoms with Gasteiger partial charge in [-0.25, -0.2) is 4.98 Å². The van der Waals surface area contributed by atoms with Crippen molar-refractivity contribution in [3.8, 4) is 0 Å². The van der Waals surface area contributed by atoms with Crippen LogP contribution in [0.3, 0.4) is 0 Å².